The summed E-state index contributed by atoms with van der Waals surface area (Å²) in [7, 11) is 0. The lowest BCUT2D eigenvalue weighted by molar-refractivity contribution is 0.270. The van der Waals surface area contributed by atoms with Crippen molar-refractivity contribution in [3.05, 3.63) is 40.8 Å². The van der Waals surface area contributed by atoms with E-state index in [1.807, 2.05) is 16.7 Å². The number of aryl methyl sites for hydroxylation is 1. The molecule has 0 radical (unpaired) electrons. The molecule has 0 atom stereocenters. The smallest absolute Gasteiger partial charge is 0.177 e. The summed E-state index contributed by atoms with van der Waals surface area (Å²) in [5, 5.41) is 9.08. The molecule has 0 bridgehead atoms. The summed E-state index contributed by atoms with van der Waals surface area (Å²) in [5.41, 5.74) is 0.798. The summed E-state index contributed by atoms with van der Waals surface area (Å²) in [4.78, 5) is 2.91. The number of nitrogens with one attached hydrogen (secondary N) is 1. The zero-order chi connectivity index (χ0) is 10.7. The number of aromatic nitrogens is 2. The Morgan fingerprint density at radius 1 is 1.53 bits per heavy atom. The molecular weight excluding hydrogens is 212 g/mol. The van der Waals surface area contributed by atoms with Crippen molar-refractivity contribution in [3.8, 4) is 0 Å². The van der Waals surface area contributed by atoms with Gasteiger partial charge in [-0.25, -0.2) is 0 Å². The number of hydrogen-bond acceptors (Lipinski definition) is 3. The Bertz CT molecular complexity index is 470. The van der Waals surface area contributed by atoms with Crippen molar-refractivity contribution < 1.29 is 9.52 Å². The number of nitrogens with zero attached hydrogens (tertiary/aromatic N) is 1. The van der Waals surface area contributed by atoms with Gasteiger partial charge in [0.1, 0.15) is 5.76 Å². The van der Waals surface area contributed by atoms with E-state index in [0.717, 1.165) is 17.9 Å². The van der Waals surface area contributed by atoms with Crippen LogP contribution in [0.1, 0.15) is 11.5 Å². The molecule has 5 heteroatoms. The Kier molecular flexibility index (Phi) is 3.03. The summed E-state index contributed by atoms with van der Waals surface area (Å²) in [5.74, 6) is 0.919. The number of aliphatic hydroxyl groups excluding tert-OH is 1. The number of aliphatic hydroxyl groups is 1. The number of aromatic amines is 1. The first kappa shape index (κ1) is 10.2. The van der Waals surface area contributed by atoms with Gasteiger partial charge >= 0.3 is 0 Å². The molecule has 0 unspecified atom stereocenters. The molecule has 2 aromatic rings. The highest BCUT2D eigenvalue weighted by molar-refractivity contribution is 7.71. The molecule has 0 aliphatic carbocycles. The van der Waals surface area contributed by atoms with Crippen LogP contribution in [0.3, 0.4) is 0 Å². The van der Waals surface area contributed by atoms with Crippen LogP contribution in [-0.4, -0.2) is 14.7 Å². The van der Waals surface area contributed by atoms with Crippen molar-refractivity contribution in [1.29, 1.82) is 0 Å². The third-order valence-corrected chi connectivity index (χ3v) is 2.62. The van der Waals surface area contributed by atoms with E-state index < -0.39 is 0 Å². The second kappa shape index (κ2) is 4.46. The Labute approximate surface area is 92.2 Å². The number of hydrogen-bond donors (Lipinski definition) is 2. The van der Waals surface area contributed by atoms with Crippen LogP contribution in [-0.2, 0) is 19.6 Å². The van der Waals surface area contributed by atoms with E-state index in [9.17, 15) is 0 Å². The fourth-order valence-corrected chi connectivity index (χ4v) is 1.75. The lowest BCUT2D eigenvalue weighted by Gasteiger charge is -2.04. The minimum Gasteiger partial charge on any atom is -0.469 e. The fourth-order valence-electron chi connectivity index (χ4n) is 1.48. The van der Waals surface area contributed by atoms with Gasteiger partial charge in [0.05, 0.1) is 18.6 Å². The highest BCUT2D eigenvalue weighted by Crippen LogP contribution is 2.06. The SMILES string of the molecule is OCc1c[nH]c(=S)n1CCc1ccco1. The third-order valence-electron chi connectivity index (χ3n) is 2.28. The topological polar surface area (TPSA) is 54.1 Å². The van der Waals surface area contributed by atoms with E-state index in [1.165, 1.54) is 0 Å². The highest BCUT2D eigenvalue weighted by atomic mass is 32.1. The second-order valence-corrected chi connectivity index (χ2v) is 3.61. The van der Waals surface area contributed by atoms with Crippen molar-refractivity contribution in [2.45, 2.75) is 19.6 Å². The number of H-pyrrole nitrogens is 1. The zero-order valence-corrected chi connectivity index (χ0v) is 8.96. The molecule has 2 aromatic heterocycles. The van der Waals surface area contributed by atoms with Crippen LogP contribution >= 0.6 is 12.2 Å². The summed E-state index contributed by atoms with van der Waals surface area (Å²) in [6.45, 7) is 0.705. The molecule has 0 saturated carbocycles. The van der Waals surface area contributed by atoms with Gasteiger partial charge in [0.25, 0.3) is 0 Å². The molecule has 0 aliphatic heterocycles. The summed E-state index contributed by atoms with van der Waals surface area (Å²) >= 11 is 5.10. The largest absolute Gasteiger partial charge is 0.469 e. The van der Waals surface area contributed by atoms with E-state index in [-0.39, 0.29) is 6.61 Å². The molecule has 0 spiro atoms. The fraction of sp³-hybridized carbons (Fsp3) is 0.300. The second-order valence-electron chi connectivity index (χ2n) is 3.22. The first-order valence-electron chi connectivity index (χ1n) is 4.71. The molecule has 4 nitrogen and oxygen atoms in total. The molecule has 0 aliphatic rings. The Morgan fingerprint density at radius 2 is 2.40 bits per heavy atom. The molecule has 15 heavy (non-hydrogen) atoms. The quantitative estimate of drug-likeness (QED) is 0.779. The van der Waals surface area contributed by atoms with Crippen molar-refractivity contribution in [1.82, 2.24) is 9.55 Å². The monoisotopic (exact) mass is 224 g/mol. The number of imidazole rings is 1. The average molecular weight is 224 g/mol. The van der Waals surface area contributed by atoms with E-state index >= 15 is 0 Å². The number of furan rings is 1. The molecule has 0 fully saturated rings. The lowest BCUT2D eigenvalue weighted by Crippen LogP contribution is -2.05. The minimum absolute atomic E-state index is 0.00864. The standard InChI is InChI=1S/C10H12N2O2S/c13-7-8-6-11-10(15)12(8)4-3-9-2-1-5-14-9/h1-2,5-6,13H,3-4,7H2,(H,11,15). The van der Waals surface area contributed by atoms with Crippen molar-refractivity contribution >= 4 is 12.2 Å². The van der Waals surface area contributed by atoms with Crippen LogP contribution in [0.15, 0.2) is 29.0 Å². The molecule has 2 N–H and O–H groups in total. The summed E-state index contributed by atoms with van der Waals surface area (Å²) in [6, 6.07) is 3.79. The normalized spacial score (nSPS) is 10.7. The van der Waals surface area contributed by atoms with E-state index in [4.69, 9.17) is 21.7 Å². The Balaban J connectivity index is 2.10. The summed E-state index contributed by atoms with van der Waals surface area (Å²) < 4.78 is 7.73. The Hall–Kier alpha value is -1.33. The lowest BCUT2D eigenvalue weighted by atomic mass is 10.3. The highest BCUT2D eigenvalue weighted by Gasteiger charge is 2.03. The predicted octanol–water partition coefficient (Wildman–Crippen LogP) is 1.87. The molecular formula is C10H12N2O2S. The number of rotatable bonds is 4. The molecule has 2 rings (SSSR count). The minimum atomic E-state index is -0.00864. The van der Waals surface area contributed by atoms with Gasteiger partial charge < -0.3 is 19.1 Å². The van der Waals surface area contributed by atoms with Crippen LogP contribution in [0.4, 0.5) is 0 Å². The van der Waals surface area contributed by atoms with Crippen LogP contribution in [0.25, 0.3) is 0 Å². The van der Waals surface area contributed by atoms with E-state index in [1.54, 1.807) is 12.5 Å². The van der Waals surface area contributed by atoms with Crippen molar-refractivity contribution in [2.24, 2.45) is 0 Å². The van der Waals surface area contributed by atoms with Gasteiger partial charge in [0.2, 0.25) is 0 Å². The van der Waals surface area contributed by atoms with Gasteiger partial charge in [-0.3, -0.25) is 0 Å². The van der Waals surface area contributed by atoms with Gasteiger partial charge in [-0.2, -0.15) is 0 Å². The van der Waals surface area contributed by atoms with E-state index in [0.29, 0.717) is 11.3 Å². The third kappa shape index (κ3) is 2.19. The maximum Gasteiger partial charge on any atom is 0.177 e. The molecule has 0 amide bonds. The maximum atomic E-state index is 9.08. The zero-order valence-electron chi connectivity index (χ0n) is 8.14. The summed E-state index contributed by atoms with van der Waals surface area (Å²) in [6.07, 6.45) is 4.15. The molecule has 0 saturated heterocycles. The van der Waals surface area contributed by atoms with Crippen LogP contribution < -0.4 is 0 Å². The molecule has 0 aromatic carbocycles. The Morgan fingerprint density at radius 3 is 3.07 bits per heavy atom. The van der Waals surface area contributed by atoms with Crippen LogP contribution in [0.5, 0.6) is 0 Å². The maximum absolute atomic E-state index is 9.08. The van der Waals surface area contributed by atoms with Gasteiger partial charge in [0, 0.05) is 19.2 Å². The van der Waals surface area contributed by atoms with Gasteiger partial charge in [-0.15, -0.1) is 0 Å². The first-order valence-corrected chi connectivity index (χ1v) is 5.12. The average Bonchev–Trinajstić information content (AvgIpc) is 2.84. The van der Waals surface area contributed by atoms with Gasteiger partial charge in [-0.1, -0.05) is 0 Å². The van der Waals surface area contributed by atoms with Crippen molar-refractivity contribution in [3.63, 3.8) is 0 Å². The first-order chi connectivity index (χ1) is 7.31. The molecule has 2 heterocycles. The molecule has 80 valence electrons. The van der Waals surface area contributed by atoms with Gasteiger partial charge in [0.15, 0.2) is 4.77 Å². The van der Waals surface area contributed by atoms with Crippen LogP contribution in [0, 0.1) is 4.77 Å². The van der Waals surface area contributed by atoms with E-state index in [2.05, 4.69) is 4.98 Å². The predicted molar refractivity (Wildman–Crippen MR) is 58.0 cm³/mol. The van der Waals surface area contributed by atoms with Crippen molar-refractivity contribution in [2.75, 3.05) is 0 Å². The van der Waals surface area contributed by atoms with Crippen LogP contribution in [0.2, 0.25) is 0 Å². The van der Waals surface area contributed by atoms with Gasteiger partial charge in [-0.05, 0) is 24.4 Å².